The van der Waals surface area contributed by atoms with Crippen LogP contribution in [0.5, 0.6) is 0 Å². The van der Waals surface area contributed by atoms with Crippen molar-refractivity contribution in [2.75, 3.05) is 23.3 Å². The van der Waals surface area contributed by atoms with Crippen molar-refractivity contribution in [3.63, 3.8) is 0 Å². The normalized spacial score (nSPS) is 16.0. The monoisotopic (exact) mass is 366 g/mol. The fraction of sp³-hybridized carbons (Fsp3) is 0.176. The third kappa shape index (κ3) is 2.69. The molecule has 0 spiro atoms. The van der Waals surface area contributed by atoms with Crippen LogP contribution < -0.4 is 10.2 Å². The minimum absolute atomic E-state index is 0.0867. The number of fused-ring (bicyclic) bond motifs is 3. The molecule has 1 N–H and O–H groups in total. The second-order valence-corrected chi connectivity index (χ2v) is 5.74. The maximum absolute atomic E-state index is 14.1. The van der Waals surface area contributed by atoms with Gasteiger partial charge < -0.3 is 10.2 Å². The largest absolute Gasteiger partial charge is 0.419 e. The van der Waals surface area contributed by atoms with E-state index in [-0.39, 0.29) is 11.5 Å². The highest BCUT2D eigenvalue weighted by Crippen LogP contribution is 2.37. The molecule has 0 aliphatic carbocycles. The Hall–Kier alpha value is -2.97. The number of hydrogen-bond donors (Lipinski definition) is 1. The zero-order valence-corrected chi connectivity index (χ0v) is 13.1. The Kier molecular flexibility index (Phi) is 3.67. The molecule has 2 aromatic rings. The summed E-state index contributed by atoms with van der Waals surface area (Å²) in [5, 5.41) is 2.78. The molecule has 134 valence electrons. The van der Waals surface area contributed by atoms with Gasteiger partial charge in [-0.15, -0.1) is 0 Å². The van der Waals surface area contributed by atoms with Crippen molar-refractivity contribution in [3.05, 3.63) is 53.6 Å². The van der Waals surface area contributed by atoms with Gasteiger partial charge in [-0.3, -0.25) is 4.99 Å². The molecule has 0 fully saturated rings. The highest BCUT2D eigenvalue weighted by molar-refractivity contribution is 6.51. The van der Waals surface area contributed by atoms with Gasteiger partial charge in [0.1, 0.15) is 17.3 Å². The zero-order valence-electron chi connectivity index (χ0n) is 13.1. The van der Waals surface area contributed by atoms with Crippen molar-refractivity contribution < 1.29 is 22.0 Å². The first-order valence-corrected chi connectivity index (χ1v) is 7.68. The Balaban J connectivity index is 1.71. The summed E-state index contributed by atoms with van der Waals surface area (Å²) in [6.45, 7) is 0.872. The molecule has 0 unspecified atom stereocenters. The topological polar surface area (TPSA) is 40.0 Å². The number of nitrogens with one attached hydrogen (secondary N) is 1. The Labute approximate surface area is 144 Å². The van der Waals surface area contributed by atoms with Crippen molar-refractivity contribution in [2.45, 2.75) is 6.18 Å². The maximum atomic E-state index is 14.1. The van der Waals surface area contributed by atoms with Crippen molar-refractivity contribution in [3.8, 4) is 0 Å². The van der Waals surface area contributed by atoms with Crippen LogP contribution in [0.2, 0.25) is 0 Å². The molecule has 0 saturated carbocycles. The van der Waals surface area contributed by atoms with Gasteiger partial charge in [-0.1, -0.05) is 6.07 Å². The van der Waals surface area contributed by atoms with Crippen molar-refractivity contribution in [2.24, 2.45) is 9.98 Å². The maximum Gasteiger partial charge on any atom is 0.419 e. The van der Waals surface area contributed by atoms with Crippen LogP contribution in [0, 0.1) is 11.6 Å². The summed E-state index contributed by atoms with van der Waals surface area (Å²) in [6, 6.07) is 6.94. The molecule has 0 atom stereocenters. The summed E-state index contributed by atoms with van der Waals surface area (Å²) in [6.07, 6.45) is -4.77. The number of anilines is 2. The first kappa shape index (κ1) is 16.5. The number of para-hydroxylation sites is 1. The van der Waals surface area contributed by atoms with E-state index in [1.165, 1.54) is 12.1 Å². The molecule has 0 saturated heterocycles. The molecule has 2 heterocycles. The highest BCUT2D eigenvalue weighted by Gasteiger charge is 2.35. The van der Waals surface area contributed by atoms with Gasteiger partial charge in [-0.25, -0.2) is 13.8 Å². The average Bonchev–Trinajstić information content (AvgIpc) is 3.03. The van der Waals surface area contributed by atoms with Crippen LogP contribution in [-0.4, -0.2) is 24.8 Å². The predicted octanol–water partition coefficient (Wildman–Crippen LogP) is 4.36. The number of benzene rings is 2. The van der Waals surface area contributed by atoms with Crippen LogP contribution >= 0.6 is 0 Å². The molecular formula is C17H11F5N4. The van der Waals surface area contributed by atoms with E-state index >= 15 is 0 Å². The van der Waals surface area contributed by atoms with E-state index in [9.17, 15) is 22.0 Å². The number of rotatable bonds is 1. The minimum atomic E-state index is -4.77. The predicted molar refractivity (Wildman–Crippen MR) is 88.2 cm³/mol. The van der Waals surface area contributed by atoms with Crippen molar-refractivity contribution in [1.29, 1.82) is 0 Å². The number of aliphatic imine (C=N–C) groups is 2. The fourth-order valence-corrected chi connectivity index (χ4v) is 2.94. The third-order valence-corrected chi connectivity index (χ3v) is 4.06. The summed E-state index contributed by atoms with van der Waals surface area (Å²) in [7, 11) is 0. The second-order valence-electron chi connectivity index (χ2n) is 5.74. The van der Waals surface area contributed by atoms with Gasteiger partial charge in [0.05, 0.1) is 17.8 Å². The number of hydrogen-bond acceptors (Lipinski definition) is 4. The Bertz CT molecular complexity index is 949. The van der Waals surface area contributed by atoms with Crippen LogP contribution in [0.1, 0.15) is 5.56 Å². The molecule has 2 aromatic carbocycles. The highest BCUT2D eigenvalue weighted by atomic mass is 19.4. The zero-order chi connectivity index (χ0) is 18.5. The molecule has 0 bridgehead atoms. The number of halogens is 5. The van der Waals surface area contributed by atoms with Crippen LogP contribution in [0.15, 0.2) is 46.4 Å². The van der Waals surface area contributed by atoms with E-state index < -0.39 is 23.4 Å². The SMILES string of the molecule is Fc1cc(NC2=Nc3cccc(F)c3N3CCN=C23)ccc1C(F)(F)F. The first-order valence-electron chi connectivity index (χ1n) is 7.68. The van der Waals surface area contributed by atoms with Gasteiger partial charge in [-0.2, -0.15) is 13.2 Å². The van der Waals surface area contributed by atoms with E-state index in [1.54, 1.807) is 11.0 Å². The molecule has 4 nitrogen and oxygen atoms in total. The van der Waals surface area contributed by atoms with Crippen LogP contribution in [0.4, 0.5) is 39.0 Å². The van der Waals surface area contributed by atoms with Crippen LogP contribution in [0.3, 0.4) is 0 Å². The number of amidine groups is 2. The summed E-state index contributed by atoms with van der Waals surface area (Å²) in [5.41, 5.74) is -0.599. The Morgan fingerprint density at radius 2 is 1.85 bits per heavy atom. The standard InChI is InChI=1S/C17H11F5N4/c18-11-2-1-3-13-14(11)26-7-6-23-16(26)15(25-13)24-9-4-5-10(12(19)8-9)17(20,21)22/h1-5,8H,6-7H2,(H,24,25). The Morgan fingerprint density at radius 3 is 2.58 bits per heavy atom. The van der Waals surface area contributed by atoms with Gasteiger partial charge in [0, 0.05) is 12.2 Å². The van der Waals surface area contributed by atoms with Crippen molar-refractivity contribution >= 4 is 28.7 Å². The molecular weight excluding hydrogens is 355 g/mol. The van der Waals surface area contributed by atoms with Gasteiger partial charge >= 0.3 is 6.18 Å². The summed E-state index contributed by atoms with van der Waals surface area (Å²) >= 11 is 0. The third-order valence-electron chi connectivity index (χ3n) is 4.06. The summed E-state index contributed by atoms with van der Waals surface area (Å²) in [4.78, 5) is 10.2. The van der Waals surface area contributed by atoms with E-state index in [2.05, 4.69) is 15.3 Å². The lowest BCUT2D eigenvalue weighted by Gasteiger charge is -2.28. The van der Waals surface area contributed by atoms with Crippen LogP contribution in [0.25, 0.3) is 0 Å². The quantitative estimate of drug-likeness (QED) is 0.762. The van der Waals surface area contributed by atoms with Gasteiger partial charge in [0.25, 0.3) is 0 Å². The van der Waals surface area contributed by atoms with Gasteiger partial charge in [-0.05, 0) is 30.3 Å². The average molecular weight is 366 g/mol. The number of nitrogens with zero attached hydrogens (tertiary/aromatic N) is 3. The Morgan fingerprint density at radius 1 is 1.04 bits per heavy atom. The lowest BCUT2D eigenvalue weighted by atomic mass is 10.1. The molecule has 4 rings (SSSR count). The van der Waals surface area contributed by atoms with E-state index in [0.717, 1.165) is 12.1 Å². The molecule has 9 heteroatoms. The molecule has 0 amide bonds. The fourth-order valence-electron chi connectivity index (χ4n) is 2.94. The minimum Gasteiger partial charge on any atom is -0.337 e. The molecule has 2 aliphatic rings. The van der Waals surface area contributed by atoms with Gasteiger partial charge in [0.15, 0.2) is 11.7 Å². The van der Waals surface area contributed by atoms with Crippen LogP contribution in [-0.2, 0) is 6.18 Å². The summed E-state index contributed by atoms with van der Waals surface area (Å²) < 4.78 is 65.9. The molecule has 2 aliphatic heterocycles. The first-order chi connectivity index (χ1) is 12.3. The van der Waals surface area contributed by atoms with Crippen molar-refractivity contribution in [1.82, 2.24) is 0 Å². The van der Waals surface area contributed by atoms with E-state index in [0.29, 0.717) is 36.4 Å². The van der Waals surface area contributed by atoms with E-state index in [4.69, 9.17) is 0 Å². The lowest BCUT2D eigenvalue weighted by molar-refractivity contribution is -0.139. The molecule has 0 radical (unpaired) electrons. The summed E-state index contributed by atoms with van der Waals surface area (Å²) in [5.74, 6) is -1.25. The van der Waals surface area contributed by atoms with E-state index in [1.807, 2.05) is 0 Å². The number of alkyl halides is 3. The molecule has 26 heavy (non-hydrogen) atoms. The second kappa shape index (κ2) is 5.79. The molecule has 0 aromatic heterocycles. The lowest BCUT2D eigenvalue weighted by Crippen LogP contribution is -2.40. The van der Waals surface area contributed by atoms with Gasteiger partial charge in [0.2, 0.25) is 0 Å². The smallest absolute Gasteiger partial charge is 0.337 e.